The molecule has 1 aromatic rings. The Bertz CT molecular complexity index is 456. The minimum absolute atomic E-state index is 0.0417. The van der Waals surface area contributed by atoms with Crippen molar-refractivity contribution < 1.29 is 19.1 Å². The van der Waals surface area contributed by atoms with E-state index in [1.807, 2.05) is 0 Å². The zero-order valence-electron chi connectivity index (χ0n) is 11.9. The number of carboxylic acids is 1. The summed E-state index contributed by atoms with van der Waals surface area (Å²) in [5.74, 6) is 1.66. The van der Waals surface area contributed by atoms with Crippen molar-refractivity contribution in [3.63, 3.8) is 0 Å². The van der Waals surface area contributed by atoms with Crippen LogP contribution in [0, 0.1) is 6.92 Å². The van der Waals surface area contributed by atoms with Gasteiger partial charge in [-0.1, -0.05) is 13.3 Å². The Labute approximate surface area is 123 Å². The van der Waals surface area contributed by atoms with Gasteiger partial charge in [0.25, 0.3) is 0 Å². The van der Waals surface area contributed by atoms with Crippen molar-refractivity contribution in [2.75, 3.05) is 11.5 Å². The number of thioether (sulfide) groups is 1. The Kier molecular flexibility index (Phi) is 7.22. The first-order valence-corrected chi connectivity index (χ1v) is 7.87. The molecule has 0 radical (unpaired) electrons. The normalized spacial score (nSPS) is 10.5. The lowest BCUT2D eigenvalue weighted by atomic mass is 10.2. The van der Waals surface area contributed by atoms with Gasteiger partial charge in [-0.3, -0.25) is 4.79 Å². The standard InChI is InChI=1S/C14H21NO4S/c1-3-4-6-20-7-5-13(16)15-9-11-8-12(14(17)18)10(2)19-11/h8H,3-7,9H2,1-2H3,(H,15,16)(H,17,18). The van der Waals surface area contributed by atoms with Gasteiger partial charge in [0, 0.05) is 12.2 Å². The summed E-state index contributed by atoms with van der Waals surface area (Å²) in [6.07, 6.45) is 2.82. The second-order valence-electron chi connectivity index (χ2n) is 4.48. The Balaban J connectivity index is 2.27. The molecule has 6 heteroatoms. The van der Waals surface area contributed by atoms with E-state index >= 15 is 0 Å². The lowest BCUT2D eigenvalue weighted by molar-refractivity contribution is -0.120. The number of furan rings is 1. The molecule has 0 spiro atoms. The van der Waals surface area contributed by atoms with Crippen LogP contribution in [0.15, 0.2) is 10.5 Å². The highest BCUT2D eigenvalue weighted by molar-refractivity contribution is 7.99. The van der Waals surface area contributed by atoms with E-state index < -0.39 is 5.97 Å². The molecule has 0 bridgehead atoms. The molecule has 112 valence electrons. The number of unbranched alkanes of at least 4 members (excludes halogenated alkanes) is 1. The number of carbonyl (C=O) groups excluding carboxylic acids is 1. The third-order valence-corrected chi connectivity index (χ3v) is 3.84. The van der Waals surface area contributed by atoms with Crippen LogP contribution >= 0.6 is 11.8 Å². The number of amides is 1. The first-order valence-electron chi connectivity index (χ1n) is 6.71. The predicted molar refractivity (Wildman–Crippen MR) is 79.1 cm³/mol. The van der Waals surface area contributed by atoms with Crippen LogP contribution in [0.5, 0.6) is 0 Å². The van der Waals surface area contributed by atoms with E-state index in [-0.39, 0.29) is 18.0 Å². The smallest absolute Gasteiger partial charge is 0.339 e. The van der Waals surface area contributed by atoms with Crippen LogP contribution in [0.4, 0.5) is 0 Å². The van der Waals surface area contributed by atoms with Crippen molar-refractivity contribution in [3.8, 4) is 0 Å². The van der Waals surface area contributed by atoms with E-state index in [0.29, 0.717) is 17.9 Å². The molecule has 5 nitrogen and oxygen atoms in total. The highest BCUT2D eigenvalue weighted by Gasteiger charge is 2.13. The van der Waals surface area contributed by atoms with Gasteiger partial charge in [-0.25, -0.2) is 4.79 Å². The maximum Gasteiger partial charge on any atom is 0.339 e. The Morgan fingerprint density at radius 1 is 1.40 bits per heavy atom. The van der Waals surface area contributed by atoms with Gasteiger partial charge in [0.15, 0.2) is 0 Å². The number of hydrogen-bond donors (Lipinski definition) is 2. The second kappa shape index (κ2) is 8.68. The van der Waals surface area contributed by atoms with E-state index in [2.05, 4.69) is 12.2 Å². The topological polar surface area (TPSA) is 79.5 Å². The van der Waals surface area contributed by atoms with Crippen molar-refractivity contribution in [3.05, 3.63) is 23.2 Å². The quantitative estimate of drug-likeness (QED) is 0.685. The number of rotatable bonds is 9. The van der Waals surface area contributed by atoms with Crippen LogP contribution < -0.4 is 5.32 Å². The van der Waals surface area contributed by atoms with Gasteiger partial charge in [-0.15, -0.1) is 0 Å². The summed E-state index contributed by atoms with van der Waals surface area (Å²) in [4.78, 5) is 22.4. The molecule has 0 aliphatic rings. The van der Waals surface area contributed by atoms with E-state index in [1.54, 1.807) is 18.7 Å². The third kappa shape index (κ3) is 5.69. The maximum absolute atomic E-state index is 11.6. The van der Waals surface area contributed by atoms with E-state index in [4.69, 9.17) is 9.52 Å². The Hall–Kier alpha value is -1.43. The van der Waals surface area contributed by atoms with Crippen LogP contribution in [-0.4, -0.2) is 28.5 Å². The highest BCUT2D eigenvalue weighted by atomic mass is 32.2. The number of aryl methyl sites for hydroxylation is 1. The number of carbonyl (C=O) groups is 2. The lowest BCUT2D eigenvalue weighted by Gasteiger charge is -2.03. The van der Waals surface area contributed by atoms with Crippen molar-refractivity contribution in [2.45, 2.75) is 39.7 Å². The van der Waals surface area contributed by atoms with E-state index in [1.165, 1.54) is 18.9 Å². The minimum Gasteiger partial charge on any atom is -0.478 e. The van der Waals surface area contributed by atoms with Crippen molar-refractivity contribution >= 4 is 23.6 Å². The number of aromatic carboxylic acids is 1. The van der Waals surface area contributed by atoms with Crippen LogP contribution in [0.3, 0.4) is 0 Å². The zero-order chi connectivity index (χ0) is 15.0. The summed E-state index contributed by atoms with van der Waals surface area (Å²) in [5.41, 5.74) is 0.143. The molecule has 1 rings (SSSR count). The summed E-state index contributed by atoms with van der Waals surface area (Å²) >= 11 is 1.78. The van der Waals surface area contributed by atoms with Gasteiger partial charge in [0.2, 0.25) is 5.91 Å². The molecule has 0 saturated carbocycles. The first kappa shape index (κ1) is 16.6. The lowest BCUT2D eigenvalue weighted by Crippen LogP contribution is -2.22. The molecule has 1 amide bonds. The first-order chi connectivity index (χ1) is 9.54. The molecule has 0 aromatic carbocycles. The molecular weight excluding hydrogens is 278 g/mol. The molecule has 0 saturated heterocycles. The largest absolute Gasteiger partial charge is 0.478 e. The van der Waals surface area contributed by atoms with Crippen molar-refractivity contribution in [1.29, 1.82) is 0 Å². The zero-order valence-corrected chi connectivity index (χ0v) is 12.7. The average Bonchev–Trinajstić information content (AvgIpc) is 2.77. The monoisotopic (exact) mass is 299 g/mol. The van der Waals surface area contributed by atoms with Crippen LogP contribution in [0.25, 0.3) is 0 Å². The average molecular weight is 299 g/mol. The molecule has 1 heterocycles. The summed E-state index contributed by atoms with van der Waals surface area (Å²) < 4.78 is 5.28. The fourth-order valence-corrected chi connectivity index (χ4v) is 2.66. The van der Waals surface area contributed by atoms with Gasteiger partial charge in [-0.2, -0.15) is 11.8 Å². The Morgan fingerprint density at radius 2 is 2.15 bits per heavy atom. The number of carboxylic acid groups (broad SMARTS) is 1. The highest BCUT2D eigenvalue weighted by Crippen LogP contribution is 2.14. The van der Waals surface area contributed by atoms with Gasteiger partial charge in [0.05, 0.1) is 6.54 Å². The maximum atomic E-state index is 11.6. The molecule has 2 N–H and O–H groups in total. The molecular formula is C14H21NO4S. The molecule has 0 aliphatic heterocycles. The third-order valence-electron chi connectivity index (χ3n) is 2.77. The minimum atomic E-state index is -1.02. The van der Waals surface area contributed by atoms with E-state index in [9.17, 15) is 9.59 Å². The second-order valence-corrected chi connectivity index (χ2v) is 5.71. The van der Waals surface area contributed by atoms with Crippen LogP contribution in [0.2, 0.25) is 0 Å². The molecule has 1 aromatic heterocycles. The summed E-state index contributed by atoms with van der Waals surface area (Å²) in [7, 11) is 0. The van der Waals surface area contributed by atoms with Crippen LogP contribution in [-0.2, 0) is 11.3 Å². The molecule has 0 atom stereocenters. The number of hydrogen-bond acceptors (Lipinski definition) is 4. The SMILES string of the molecule is CCCCSCCC(=O)NCc1cc(C(=O)O)c(C)o1. The fourth-order valence-electron chi connectivity index (χ4n) is 1.63. The fraction of sp³-hybridized carbons (Fsp3) is 0.571. The predicted octanol–water partition coefficient (Wildman–Crippen LogP) is 2.83. The number of nitrogens with one attached hydrogen (secondary N) is 1. The van der Waals surface area contributed by atoms with Gasteiger partial charge in [-0.05, 0) is 25.2 Å². The van der Waals surface area contributed by atoms with Crippen LogP contribution in [0.1, 0.15) is 48.1 Å². The Morgan fingerprint density at radius 3 is 2.75 bits per heavy atom. The summed E-state index contributed by atoms with van der Waals surface area (Å²) in [6, 6.07) is 1.45. The molecule has 20 heavy (non-hydrogen) atoms. The van der Waals surface area contributed by atoms with Gasteiger partial charge < -0.3 is 14.8 Å². The summed E-state index contributed by atoms with van der Waals surface area (Å²) in [5, 5.41) is 11.6. The van der Waals surface area contributed by atoms with Crippen molar-refractivity contribution in [1.82, 2.24) is 5.32 Å². The molecule has 0 unspecified atom stereocenters. The van der Waals surface area contributed by atoms with E-state index in [0.717, 1.165) is 11.5 Å². The van der Waals surface area contributed by atoms with Gasteiger partial charge in [0.1, 0.15) is 17.1 Å². The molecule has 0 fully saturated rings. The molecule has 0 aliphatic carbocycles. The van der Waals surface area contributed by atoms with Gasteiger partial charge >= 0.3 is 5.97 Å². The summed E-state index contributed by atoms with van der Waals surface area (Å²) in [6.45, 7) is 3.97. The van der Waals surface area contributed by atoms with Crippen molar-refractivity contribution in [2.24, 2.45) is 0 Å².